The van der Waals surface area contributed by atoms with Gasteiger partial charge in [-0.25, -0.2) is 60.1 Å². The zero-order chi connectivity index (χ0) is 61.7. The van der Waals surface area contributed by atoms with Gasteiger partial charge in [0.2, 0.25) is 17.2 Å². The number of hydrogen-bond acceptors (Lipinski definition) is 31. The van der Waals surface area contributed by atoms with Crippen molar-refractivity contribution in [1.29, 1.82) is 0 Å². The summed E-state index contributed by atoms with van der Waals surface area (Å²) in [5.74, 6) is -4.70. The standard InChI is InChI=1S/C41H44ClN13O22S6.K.Na/c1-23(56)76-13-17-78(60,61)15-11-43-40(58)47-33-19-25(52-54-31-9-5-27(80(64,65)66)21-35(31)82(70,71)72)3-7-29(33)45-38-49-37(42)50-39(51-38)46-30-8-4-26(53-55-32-10-6-28(81(67,68)69)22-36(32)83(73,74)75)20-34(30)48-41(59)44-12-16-79(62,63)18-14-77-24(2)57;;/h3-10,19-22H,11-18H2,1-2H3,(H2,43,47,58)(H2,44,48,59)(H,64,65,66)(H,67,68,69)(H,70,71,72)(H,73,74,75)(H2,45,46,49,50,51);;/p-4. The van der Waals surface area contributed by atoms with Crippen LogP contribution in [-0.2, 0) is 79.2 Å². The maximum absolute atomic E-state index is 13.2. The largest absolute Gasteiger partial charge is 0.744 e. The molecule has 0 saturated heterocycles. The third-order valence-electron chi connectivity index (χ3n) is 9.93. The third kappa shape index (κ3) is 24.7. The van der Waals surface area contributed by atoms with Crippen molar-refractivity contribution in [1.82, 2.24) is 25.6 Å². The molecular weight excluding hydrogens is 1320 g/mol. The van der Waals surface area contributed by atoms with Gasteiger partial charge in [-0.2, -0.15) is 25.2 Å². The molecule has 0 fully saturated rings. The van der Waals surface area contributed by atoms with Crippen LogP contribution in [0, 0.1) is 0 Å². The minimum atomic E-state index is -5.47. The van der Waals surface area contributed by atoms with Gasteiger partial charge in [-0.15, -0.1) is 10.2 Å². The Morgan fingerprint density at radius 2 is 0.859 bits per heavy atom. The fraction of sp³-hybridized carbons (Fsp3) is 0.244. The van der Waals surface area contributed by atoms with Gasteiger partial charge in [0.25, 0.3) is 0 Å². The van der Waals surface area contributed by atoms with Crippen molar-refractivity contribution < 1.29 is 97.4 Å². The second-order valence-corrected chi connectivity index (χ2v) is 26.6. The van der Waals surface area contributed by atoms with Crippen LogP contribution < -0.4 is 31.9 Å². The van der Waals surface area contributed by atoms with Gasteiger partial charge in [-0.3, -0.25) is 9.59 Å². The summed E-state index contributed by atoms with van der Waals surface area (Å²) in [6.45, 7) is 0.245. The molecule has 5 aromatic rings. The number of esters is 2. The molecule has 0 aliphatic heterocycles. The number of benzene rings is 4. The van der Waals surface area contributed by atoms with Crippen LogP contribution >= 0.6 is 11.6 Å². The summed E-state index contributed by atoms with van der Waals surface area (Å²) in [5.41, 5.74) is -2.61. The van der Waals surface area contributed by atoms with E-state index in [0.29, 0.717) is 24.3 Å². The minimum Gasteiger partial charge on any atom is -0.744 e. The van der Waals surface area contributed by atoms with E-state index >= 15 is 0 Å². The first kappa shape index (κ1) is 73.9. The van der Waals surface area contributed by atoms with E-state index in [2.05, 4.69) is 76.8 Å². The molecule has 0 aliphatic rings. The second-order valence-electron chi connectivity index (χ2n) is 16.2. The first-order chi connectivity index (χ1) is 38.5. The zero-order valence-corrected chi connectivity index (χ0v) is 54.8. The minimum absolute atomic E-state index is 0. The maximum atomic E-state index is 13.2. The van der Waals surface area contributed by atoms with Crippen molar-refractivity contribution >= 4 is 234 Å². The molecule has 5 rings (SSSR count). The Morgan fingerprint density at radius 1 is 0.494 bits per heavy atom. The molecule has 0 atom stereocenters. The molecule has 0 aliphatic carbocycles. The Labute approximate surface area is 553 Å². The summed E-state index contributed by atoms with van der Waals surface area (Å²) in [5, 5.41) is 29.4. The first-order valence-corrected chi connectivity index (χ1v) is 32.1. The van der Waals surface area contributed by atoms with E-state index in [4.69, 9.17) is 11.6 Å². The van der Waals surface area contributed by atoms with E-state index in [9.17, 15) is 87.9 Å². The van der Waals surface area contributed by atoms with Gasteiger partial charge in [0.15, 0.2) is 19.7 Å². The molecule has 450 valence electrons. The molecule has 6 N–H and O–H groups in total. The van der Waals surface area contributed by atoms with Crippen molar-refractivity contribution in [2.45, 2.75) is 33.4 Å². The number of hydrogen-bond donors (Lipinski definition) is 6. The van der Waals surface area contributed by atoms with Crippen LogP contribution in [-0.4, -0.2) is 238 Å². The molecule has 4 aromatic carbocycles. The van der Waals surface area contributed by atoms with Crippen molar-refractivity contribution in [2.75, 3.05) is 70.6 Å². The summed E-state index contributed by atoms with van der Waals surface area (Å²) >= 11 is 6.29. The molecular formula is C41H40ClKN13NaO22S6-4. The molecule has 2 radical (unpaired) electrons. The van der Waals surface area contributed by atoms with E-state index in [0.717, 1.165) is 26.0 Å². The zero-order valence-electron chi connectivity index (χ0n) is 44.0. The average Bonchev–Trinajstić information content (AvgIpc) is 2.32. The molecule has 0 unspecified atom stereocenters. The molecule has 4 amide bonds. The van der Waals surface area contributed by atoms with Gasteiger partial charge in [0.05, 0.1) is 76.7 Å². The van der Waals surface area contributed by atoms with E-state index in [1.54, 1.807) is 0 Å². The van der Waals surface area contributed by atoms with Crippen molar-refractivity contribution in [3.05, 3.63) is 78.1 Å². The normalized spacial score (nSPS) is 12.1. The summed E-state index contributed by atoms with van der Waals surface area (Å²) in [6, 6.07) is 8.10. The fourth-order valence-corrected chi connectivity index (χ4v) is 10.7. The summed E-state index contributed by atoms with van der Waals surface area (Å²) in [4.78, 5) is 56.2. The van der Waals surface area contributed by atoms with Gasteiger partial charge in [-0.1, -0.05) is 0 Å². The SMILES string of the molecule is CC(=O)OCCS(=O)(=O)CCNC(=O)Nc1cc(N=Nc2ccc(S(=O)(=O)[O-])cc2S(=O)(=O)[O-])ccc1Nc1nc(Cl)nc(Nc2ccc(N=Nc3ccc(S(=O)(=O)[O-])cc3S(=O)(=O)[O-])cc2NC(=O)NCCS(=O)(=O)CCOC(C)=O)n1.[K].[Na]. The Hall–Kier alpha value is -5.36. The van der Waals surface area contributed by atoms with Crippen LogP contribution in [0.1, 0.15) is 13.8 Å². The number of carbonyl (C=O) groups excluding carboxylic acids is 4. The first-order valence-electron chi connectivity index (χ1n) is 22.4. The van der Waals surface area contributed by atoms with Gasteiger partial charge >= 0.3 is 24.0 Å². The molecule has 0 spiro atoms. The second kappa shape index (κ2) is 31.5. The van der Waals surface area contributed by atoms with E-state index < -0.39 is 182 Å². The topological polar surface area (TPSA) is 544 Å². The number of sulfone groups is 2. The van der Waals surface area contributed by atoms with E-state index in [1.165, 1.54) is 24.3 Å². The predicted molar refractivity (Wildman–Crippen MR) is 293 cm³/mol. The van der Waals surface area contributed by atoms with Crippen molar-refractivity contribution in [3.63, 3.8) is 0 Å². The molecule has 0 bridgehead atoms. The number of nitrogens with one attached hydrogen (secondary N) is 6. The smallest absolute Gasteiger partial charge is 0.319 e. The number of anilines is 6. The Balaban J connectivity index is 0.00000946. The van der Waals surface area contributed by atoms with Crippen LogP contribution in [0.25, 0.3) is 0 Å². The number of nitrogens with zero attached hydrogens (tertiary/aromatic N) is 7. The number of urea groups is 2. The molecule has 0 saturated carbocycles. The van der Waals surface area contributed by atoms with E-state index in [1.807, 2.05) is 0 Å². The number of amides is 4. The number of carbonyl (C=O) groups is 4. The number of halogens is 1. The average molecular weight is 1360 g/mol. The van der Waals surface area contributed by atoms with Crippen LogP contribution in [0.4, 0.5) is 67.0 Å². The Bertz CT molecular complexity index is 3880. The van der Waals surface area contributed by atoms with Crippen LogP contribution in [0.3, 0.4) is 0 Å². The van der Waals surface area contributed by atoms with Gasteiger partial charge in [0, 0.05) is 108 Å². The van der Waals surface area contributed by atoms with Gasteiger partial charge in [0.1, 0.15) is 65.1 Å². The summed E-state index contributed by atoms with van der Waals surface area (Å²) < 4.78 is 201. The van der Waals surface area contributed by atoms with Gasteiger partial charge < -0.3 is 59.6 Å². The van der Waals surface area contributed by atoms with E-state index in [-0.39, 0.29) is 127 Å². The third-order valence-corrected chi connectivity index (χ3v) is 16.7. The Kier molecular flexibility index (Phi) is 27.4. The number of aromatic nitrogens is 3. The van der Waals surface area contributed by atoms with Gasteiger partial charge in [-0.05, 0) is 84.4 Å². The number of azo groups is 2. The molecule has 1 heterocycles. The summed E-state index contributed by atoms with van der Waals surface area (Å²) in [6.07, 6.45) is 0. The quantitative estimate of drug-likeness (QED) is 0.0199. The van der Waals surface area contributed by atoms with Crippen LogP contribution in [0.5, 0.6) is 0 Å². The van der Waals surface area contributed by atoms with Crippen LogP contribution in [0.2, 0.25) is 5.28 Å². The number of rotatable bonds is 26. The van der Waals surface area contributed by atoms with Crippen LogP contribution in [0.15, 0.2) is 113 Å². The monoisotopic (exact) mass is 1350 g/mol. The fourth-order valence-electron chi connectivity index (χ4n) is 6.21. The molecule has 44 heteroatoms. The maximum Gasteiger partial charge on any atom is 0.319 e. The predicted octanol–water partition coefficient (Wildman–Crippen LogP) is 1.90. The van der Waals surface area contributed by atoms with Crippen molar-refractivity contribution in [3.8, 4) is 0 Å². The molecule has 1 aromatic heterocycles. The number of ether oxygens (including phenoxy) is 2. The summed E-state index contributed by atoms with van der Waals surface area (Å²) in [7, 11) is -29.2. The van der Waals surface area contributed by atoms with Crippen molar-refractivity contribution in [2.24, 2.45) is 20.5 Å². The molecule has 35 nitrogen and oxygen atoms in total. The molecule has 85 heavy (non-hydrogen) atoms. The Morgan fingerprint density at radius 3 is 1.19 bits per heavy atom.